The van der Waals surface area contributed by atoms with E-state index in [1.807, 2.05) is 19.1 Å². The van der Waals surface area contributed by atoms with Gasteiger partial charge in [0.1, 0.15) is 5.75 Å². The predicted octanol–water partition coefficient (Wildman–Crippen LogP) is 3.87. The van der Waals surface area contributed by atoms with Crippen molar-refractivity contribution in [3.05, 3.63) is 65.5 Å². The molecular weight excluding hydrogens is 354 g/mol. The van der Waals surface area contributed by atoms with Crippen molar-refractivity contribution in [1.82, 2.24) is 15.5 Å². The number of aromatic nitrogens is 2. The van der Waals surface area contributed by atoms with Crippen LogP contribution >= 0.6 is 0 Å². The van der Waals surface area contributed by atoms with Crippen LogP contribution in [-0.2, 0) is 17.6 Å². The van der Waals surface area contributed by atoms with E-state index in [2.05, 4.69) is 33.7 Å². The maximum absolute atomic E-state index is 12.3. The quantitative estimate of drug-likeness (QED) is 0.706. The molecule has 1 amide bonds. The summed E-state index contributed by atoms with van der Waals surface area (Å²) >= 11 is 0. The van der Waals surface area contributed by atoms with Crippen LogP contribution in [0, 0.1) is 0 Å². The standard InChI is InChI=1S/C22H23N3O3/c1-15(18-7-6-16-4-2-3-5-19(16)12-18)24-21(26)13-27-20-10-8-17(9-11-20)22-25-23-14-28-22/h6-12,14-15H,2-5,13H2,1H3,(H,24,26). The summed E-state index contributed by atoms with van der Waals surface area (Å²) in [5.74, 6) is 0.911. The van der Waals surface area contributed by atoms with Crippen LogP contribution in [0.3, 0.4) is 0 Å². The van der Waals surface area contributed by atoms with Crippen LogP contribution in [-0.4, -0.2) is 22.7 Å². The van der Waals surface area contributed by atoms with Crippen LogP contribution in [0.2, 0.25) is 0 Å². The summed E-state index contributed by atoms with van der Waals surface area (Å²) in [4.78, 5) is 12.3. The van der Waals surface area contributed by atoms with Gasteiger partial charge in [-0.2, -0.15) is 0 Å². The Balaban J connectivity index is 1.30. The van der Waals surface area contributed by atoms with E-state index >= 15 is 0 Å². The molecule has 1 N–H and O–H groups in total. The predicted molar refractivity (Wildman–Crippen MR) is 105 cm³/mol. The van der Waals surface area contributed by atoms with Crippen LogP contribution in [0.4, 0.5) is 0 Å². The first-order valence-electron chi connectivity index (χ1n) is 9.59. The molecule has 0 spiro atoms. The molecule has 1 aromatic heterocycles. The van der Waals surface area contributed by atoms with Crippen molar-refractivity contribution in [3.8, 4) is 17.2 Å². The Hall–Kier alpha value is -3.15. The summed E-state index contributed by atoms with van der Waals surface area (Å²) in [5, 5.41) is 10.5. The van der Waals surface area contributed by atoms with Crippen molar-refractivity contribution in [1.29, 1.82) is 0 Å². The van der Waals surface area contributed by atoms with E-state index in [0.29, 0.717) is 11.6 Å². The zero-order valence-electron chi connectivity index (χ0n) is 15.9. The lowest BCUT2D eigenvalue weighted by atomic mass is 9.89. The minimum atomic E-state index is -0.147. The molecule has 4 rings (SSSR count). The highest BCUT2D eigenvalue weighted by molar-refractivity contribution is 5.78. The highest BCUT2D eigenvalue weighted by Crippen LogP contribution is 2.25. The van der Waals surface area contributed by atoms with Crippen molar-refractivity contribution < 1.29 is 13.9 Å². The number of nitrogens with zero attached hydrogens (tertiary/aromatic N) is 2. The van der Waals surface area contributed by atoms with E-state index in [1.54, 1.807) is 12.1 Å². The van der Waals surface area contributed by atoms with Crippen LogP contribution in [0.15, 0.2) is 53.3 Å². The average Bonchev–Trinajstić information content (AvgIpc) is 3.27. The molecule has 1 atom stereocenters. The van der Waals surface area contributed by atoms with Gasteiger partial charge in [-0.15, -0.1) is 10.2 Å². The summed E-state index contributed by atoms with van der Waals surface area (Å²) in [7, 11) is 0. The number of amides is 1. The molecule has 1 aliphatic rings. The van der Waals surface area contributed by atoms with Crippen molar-refractivity contribution in [2.45, 2.75) is 38.6 Å². The zero-order valence-corrected chi connectivity index (χ0v) is 15.9. The third-order valence-electron chi connectivity index (χ3n) is 5.08. The molecule has 2 aromatic carbocycles. The maximum atomic E-state index is 12.3. The Morgan fingerprint density at radius 2 is 1.93 bits per heavy atom. The van der Waals surface area contributed by atoms with Gasteiger partial charge in [0, 0.05) is 5.56 Å². The van der Waals surface area contributed by atoms with E-state index in [1.165, 1.54) is 30.4 Å². The fraction of sp³-hybridized carbons (Fsp3) is 0.318. The normalized spacial score (nSPS) is 14.2. The minimum Gasteiger partial charge on any atom is -0.484 e. The molecule has 1 unspecified atom stereocenters. The molecule has 3 aromatic rings. The van der Waals surface area contributed by atoms with E-state index in [4.69, 9.17) is 9.15 Å². The Morgan fingerprint density at radius 1 is 1.14 bits per heavy atom. The Kier molecular flexibility index (Phi) is 5.37. The number of nitrogens with one attached hydrogen (secondary N) is 1. The molecule has 28 heavy (non-hydrogen) atoms. The molecular formula is C22H23N3O3. The monoisotopic (exact) mass is 377 g/mol. The molecule has 0 aliphatic heterocycles. The largest absolute Gasteiger partial charge is 0.484 e. The Bertz CT molecular complexity index is 936. The third-order valence-corrected chi connectivity index (χ3v) is 5.08. The molecule has 6 heteroatoms. The second-order valence-corrected chi connectivity index (χ2v) is 7.08. The van der Waals surface area contributed by atoms with Crippen molar-refractivity contribution in [2.75, 3.05) is 6.61 Å². The Labute approximate surface area is 163 Å². The second kappa shape index (κ2) is 8.25. The molecule has 1 aliphatic carbocycles. The molecule has 0 saturated heterocycles. The van der Waals surface area contributed by atoms with Gasteiger partial charge in [0.25, 0.3) is 5.91 Å². The van der Waals surface area contributed by atoms with Crippen LogP contribution in [0.5, 0.6) is 5.75 Å². The topological polar surface area (TPSA) is 77.2 Å². The van der Waals surface area contributed by atoms with E-state index in [9.17, 15) is 4.79 Å². The number of ether oxygens (including phenoxy) is 1. The molecule has 0 bridgehead atoms. The number of carbonyl (C=O) groups excluding carboxylic acids is 1. The van der Waals surface area contributed by atoms with Gasteiger partial charge in [-0.05, 0) is 73.6 Å². The smallest absolute Gasteiger partial charge is 0.258 e. The molecule has 0 saturated carbocycles. The Morgan fingerprint density at radius 3 is 2.68 bits per heavy atom. The number of hydrogen-bond acceptors (Lipinski definition) is 5. The first-order chi connectivity index (χ1) is 13.7. The van der Waals surface area contributed by atoms with Crippen LogP contribution in [0.1, 0.15) is 42.5 Å². The van der Waals surface area contributed by atoms with Gasteiger partial charge in [0.05, 0.1) is 6.04 Å². The summed E-state index contributed by atoms with van der Waals surface area (Å²) in [6.07, 6.45) is 6.10. The highest BCUT2D eigenvalue weighted by Gasteiger charge is 2.14. The molecule has 0 fully saturated rings. The van der Waals surface area contributed by atoms with Gasteiger partial charge in [-0.25, -0.2) is 0 Å². The SMILES string of the molecule is CC(NC(=O)COc1ccc(-c2nnco2)cc1)c1ccc2c(c1)CCCC2. The van der Waals surface area contributed by atoms with Crippen LogP contribution < -0.4 is 10.1 Å². The van der Waals surface area contributed by atoms with Crippen molar-refractivity contribution >= 4 is 5.91 Å². The first-order valence-corrected chi connectivity index (χ1v) is 9.59. The lowest BCUT2D eigenvalue weighted by Crippen LogP contribution is -2.31. The lowest BCUT2D eigenvalue weighted by molar-refractivity contribution is -0.123. The second-order valence-electron chi connectivity index (χ2n) is 7.08. The maximum Gasteiger partial charge on any atom is 0.258 e. The third kappa shape index (κ3) is 4.22. The molecule has 144 valence electrons. The lowest BCUT2D eigenvalue weighted by Gasteiger charge is -2.20. The average molecular weight is 377 g/mol. The summed E-state index contributed by atoms with van der Waals surface area (Å²) in [6, 6.07) is 13.7. The van der Waals surface area contributed by atoms with E-state index in [0.717, 1.165) is 24.0 Å². The zero-order chi connectivity index (χ0) is 19.3. The number of carbonyl (C=O) groups is 1. The van der Waals surface area contributed by atoms with Gasteiger partial charge < -0.3 is 14.5 Å². The number of aryl methyl sites for hydroxylation is 2. The fourth-order valence-electron chi connectivity index (χ4n) is 3.53. The van der Waals surface area contributed by atoms with Gasteiger partial charge in [0.15, 0.2) is 6.61 Å². The summed E-state index contributed by atoms with van der Waals surface area (Å²) < 4.78 is 10.7. The summed E-state index contributed by atoms with van der Waals surface area (Å²) in [5.41, 5.74) is 4.80. The molecule has 1 heterocycles. The van der Waals surface area contributed by atoms with Crippen molar-refractivity contribution in [2.24, 2.45) is 0 Å². The fourth-order valence-corrected chi connectivity index (χ4v) is 3.53. The van der Waals surface area contributed by atoms with E-state index in [-0.39, 0.29) is 18.6 Å². The number of rotatable bonds is 6. The van der Waals surface area contributed by atoms with Gasteiger partial charge in [-0.1, -0.05) is 18.2 Å². The number of hydrogen-bond donors (Lipinski definition) is 1. The molecule has 0 radical (unpaired) electrons. The van der Waals surface area contributed by atoms with Gasteiger partial charge in [0.2, 0.25) is 12.3 Å². The number of benzene rings is 2. The first kappa shape index (κ1) is 18.2. The highest BCUT2D eigenvalue weighted by atomic mass is 16.5. The number of fused-ring (bicyclic) bond motifs is 1. The van der Waals surface area contributed by atoms with Gasteiger partial charge >= 0.3 is 0 Å². The van der Waals surface area contributed by atoms with Gasteiger partial charge in [-0.3, -0.25) is 4.79 Å². The summed E-state index contributed by atoms with van der Waals surface area (Å²) in [6.45, 7) is 1.97. The van der Waals surface area contributed by atoms with E-state index < -0.39 is 0 Å². The molecule has 6 nitrogen and oxygen atoms in total. The van der Waals surface area contributed by atoms with Crippen LogP contribution in [0.25, 0.3) is 11.5 Å². The van der Waals surface area contributed by atoms with Crippen molar-refractivity contribution in [3.63, 3.8) is 0 Å². The minimum absolute atomic E-state index is 0.0326.